The van der Waals surface area contributed by atoms with Gasteiger partial charge in [-0.1, -0.05) is 13.0 Å². The summed E-state index contributed by atoms with van der Waals surface area (Å²) in [6, 6.07) is 3.28. The number of anilines is 3. The van der Waals surface area contributed by atoms with Gasteiger partial charge in [0, 0.05) is 24.8 Å². The average molecular weight is 580 g/mol. The van der Waals surface area contributed by atoms with E-state index in [4.69, 9.17) is 10.5 Å². The summed E-state index contributed by atoms with van der Waals surface area (Å²) in [4.78, 5) is 41.0. The monoisotopic (exact) mass is 579 g/mol. The highest BCUT2D eigenvalue weighted by atomic mass is 19.1. The average Bonchev–Trinajstić information content (AvgIpc) is 3.28. The Hall–Kier alpha value is -4.35. The van der Waals surface area contributed by atoms with Crippen molar-refractivity contribution in [2.75, 3.05) is 29.0 Å². The molecule has 1 unspecified atom stereocenters. The van der Waals surface area contributed by atoms with Crippen LogP contribution in [-0.2, 0) is 11.2 Å². The molecule has 1 aromatic carbocycles. The number of carbonyl (C=O) groups excluding carboxylic acids is 2. The zero-order valence-corrected chi connectivity index (χ0v) is 24.1. The Morgan fingerprint density at radius 1 is 1.12 bits per heavy atom. The fourth-order valence-electron chi connectivity index (χ4n) is 5.56. The SMILES string of the molecule is CC1CCc2c1ncc(NC(=O)c1nc(-c3c(F)cccc3F)cnc1N)c2N1CCC[C@H](NC(=O)OC(C)(C)C)C1. The summed E-state index contributed by atoms with van der Waals surface area (Å²) in [6.07, 6.45) is 5.58. The molecule has 2 atom stereocenters. The summed E-state index contributed by atoms with van der Waals surface area (Å²) >= 11 is 0. The molecule has 2 aliphatic rings. The van der Waals surface area contributed by atoms with Gasteiger partial charge in [0.15, 0.2) is 11.5 Å². The van der Waals surface area contributed by atoms with Crippen molar-refractivity contribution in [3.05, 3.63) is 59.2 Å². The number of nitrogen functional groups attached to an aromatic ring is 1. The standard InChI is InChI=1S/C30H35F2N7O3/c1-16-10-11-18-24(16)34-14-22(26(18)39-12-6-7-17(15-39)36-29(41)42-30(2,3)4)38-28(40)25-27(33)35-13-21(37-25)23-19(31)8-5-9-20(23)32/h5,8-9,13-14,16-17H,6-7,10-12,15H2,1-4H3,(H2,33,35)(H,36,41)(H,38,40)/t16?,17-/m0/s1. The van der Waals surface area contributed by atoms with Gasteiger partial charge in [-0.15, -0.1) is 0 Å². The van der Waals surface area contributed by atoms with Gasteiger partial charge in [0.05, 0.1) is 35.0 Å². The quantitative estimate of drug-likeness (QED) is 0.376. The Bertz CT molecular complexity index is 1510. The lowest BCUT2D eigenvalue weighted by Crippen LogP contribution is -2.49. The van der Waals surface area contributed by atoms with E-state index in [-0.39, 0.29) is 29.2 Å². The Balaban J connectivity index is 1.45. The van der Waals surface area contributed by atoms with Gasteiger partial charge in [-0.3, -0.25) is 9.78 Å². The second-order valence-electron chi connectivity index (χ2n) is 11.8. The van der Waals surface area contributed by atoms with Crippen molar-refractivity contribution in [1.29, 1.82) is 0 Å². The molecule has 0 saturated carbocycles. The lowest BCUT2D eigenvalue weighted by molar-refractivity contribution is 0.0500. The fraction of sp³-hybridized carbons (Fsp3) is 0.433. The van der Waals surface area contributed by atoms with E-state index >= 15 is 0 Å². The number of hydrogen-bond donors (Lipinski definition) is 3. The number of rotatable bonds is 5. The number of pyridine rings is 1. The summed E-state index contributed by atoms with van der Waals surface area (Å²) in [5.74, 6) is -2.28. The van der Waals surface area contributed by atoms with Gasteiger partial charge < -0.3 is 26.0 Å². The number of alkyl carbamates (subject to hydrolysis) is 1. The van der Waals surface area contributed by atoms with Gasteiger partial charge >= 0.3 is 6.09 Å². The Kier molecular flexibility index (Phi) is 7.98. The van der Waals surface area contributed by atoms with Crippen LogP contribution in [0.4, 0.5) is 30.8 Å². The molecule has 222 valence electrons. The number of piperidine rings is 1. The Labute approximate surface area is 243 Å². The van der Waals surface area contributed by atoms with Crippen molar-refractivity contribution >= 4 is 29.2 Å². The minimum Gasteiger partial charge on any atom is -0.444 e. The van der Waals surface area contributed by atoms with E-state index in [9.17, 15) is 18.4 Å². The van der Waals surface area contributed by atoms with Gasteiger partial charge in [0.2, 0.25) is 0 Å². The number of ether oxygens (including phenoxy) is 1. The molecule has 4 N–H and O–H groups in total. The van der Waals surface area contributed by atoms with E-state index in [1.165, 1.54) is 6.07 Å². The van der Waals surface area contributed by atoms with Crippen LogP contribution in [0.15, 0.2) is 30.6 Å². The van der Waals surface area contributed by atoms with E-state index in [0.29, 0.717) is 18.8 Å². The number of hydrogen-bond acceptors (Lipinski definition) is 8. The van der Waals surface area contributed by atoms with Crippen molar-refractivity contribution in [3.8, 4) is 11.3 Å². The second kappa shape index (κ2) is 11.5. The Morgan fingerprint density at radius 3 is 2.57 bits per heavy atom. The maximum atomic E-state index is 14.4. The van der Waals surface area contributed by atoms with Gasteiger partial charge in [0.25, 0.3) is 5.91 Å². The number of fused-ring (bicyclic) bond motifs is 1. The minimum absolute atomic E-state index is 0.154. The molecule has 2 amide bonds. The van der Waals surface area contributed by atoms with E-state index < -0.39 is 34.8 Å². The minimum atomic E-state index is -0.834. The van der Waals surface area contributed by atoms with Crippen LogP contribution >= 0.6 is 0 Å². The summed E-state index contributed by atoms with van der Waals surface area (Å²) in [5, 5.41) is 5.85. The number of nitrogens with one attached hydrogen (secondary N) is 2. The van der Waals surface area contributed by atoms with Gasteiger partial charge in [-0.2, -0.15) is 0 Å². The molecule has 12 heteroatoms. The predicted molar refractivity (Wildman–Crippen MR) is 155 cm³/mol. The summed E-state index contributed by atoms with van der Waals surface area (Å²) < 4.78 is 34.3. The van der Waals surface area contributed by atoms with Crippen LogP contribution in [0.5, 0.6) is 0 Å². The molecule has 3 heterocycles. The molecule has 0 bridgehead atoms. The summed E-state index contributed by atoms with van der Waals surface area (Å²) in [6.45, 7) is 8.79. The highest BCUT2D eigenvalue weighted by Crippen LogP contribution is 2.42. The topological polar surface area (TPSA) is 135 Å². The molecule has 0 spiro atoms. The maximum absolute atomic E-state index is 14.4. The van der Waals surface area contributed by atoms with E-state index in [1.54, 1.807) is 6.20 Å². The van der Waals surface area contributed by atoms with Crippen LogP contribution in [0, 0.1) is 11.6 Å². The lowest BCUT2D eigenvalue weighted by atomic mass is 10.0. The Morgan fingerprint density at radius 2 is 1.86 bits per heavy atom. The molecule has 5 rings (SSSR count). The van der Waals surface area contributed by atoms with Crippen LogP contribution in [0.1, 0.15) is 74.6 Å². The first kappa shape index (κ1) is 29.2. The molecule has 1 saturated heterocycles. The third kappa shape index (κ3) is 6.12. The summed E-state index contributed by atoms with van der Waals surface area (Å²) in [5.41, 5.74) is 7.86. The molecule has 1 aliphatic heterocycles. The molecule has 3 aromatic rings. The third-order valence-corrected chi connectivity index (χ3v) is 7.42. The smallest absolute Gasteiger partial charge is 0.407 e. The maximum Gasteiger partial charge on any atom is 0.407 e. The first-order valence-electron chi connectivity index (χ1n) is 14.1. The highest BCUT2D eigenvalue weighted by Gasteiger charge is 2.32. The normalized spacial score (nSPS) is 18.4. The summed E-state index contributed by atoms with van der Waals surface area (Å²) in [7, 11) is 0. The van der Waals surface area contributed by atoms with E-state index in [1.807, 2.05) is 20.8 Å². The number of carbonyl (C=O) groups is 2. The number of benzene rings is 1. The number of nitrogens with zero attached hydrogens (tertiary/aromatic N) is 4. The molecular formula is C30H35F2N7O3. The third-order valence-electron chi connectivity index (χ3n) is 7.42. The van der Waals surface area contributed by atoms with Crippen molar-refractivity contribution in [2.24, 2.45) is 0 Å². The molecular weight excluding hydrogens is 544 g/mol. The lowest BCUT2D eigenvalue weighted by Gasteiger charge is -2.37. The first-order valence-corrected chi connectivity index (χ1v) is 14.1. The molecule has 10 nitrogen and oxygen atoms in total. The van der Waals surface area contributed by atoms with Gasteiger partial charge in [-0.25, -0.2) is 23.5 Å². The zero-order chi connectivity index (χ0) is 30.2. The molecule has 1 aliphatic carbocycles. The van der Waals surface area contributed by atoms with Crippen LogP contribution in [-0.4, -0.2) is 51.7 Å². The number of aromatic nitrogens is 3. The number of nitrogens with two attached hydrogens (primary N) is 1. The van der Waals surface area contributed by atoms with Crippen molar-refractivity contribution in [3.63, 3.8) is 0 Å². The van der Waals surface area contributed by atoms with Crippen LogP contribution < -0.4 is 21.3 Å². The van der Waals surface area contributed by atoms with Crippen molar-refractivity contribution in [2.45, 2.75) is 70.9 Å². The molecule has 0 radical (unpaired) electrons. The zero-order valence-electron chi connectivity index (χ0n) is 24.1. The van der Waals surface area contributed by atoms with Gasteiger partial charge in [0.1, 0.15) is 17.2 Å². The van der Waals surface area contributed by atoms with Crippen LogP contribution in [0.3, 0.4) is 0 Å². The fourth-order valence-corrected chi connectivity index (χ4v) is 5.56. The van der Waals surface area contributed by atoms with Crippen molar-refractivity contribution < 1.29 is 23.1 Å². The second-order valence-corrected chi connectivity index (χ2v) is 11.8. The highest BCUT2D eigenvalue weighted by molar-refractivity contribution is 6.07. The largest absolute Gasteiger partial charge is 0.444 e. The van der Waals surface area contributed by atoms with E-state index in [0.717, 1.165) is 61.0 Å². The molecule has 42 heavy (non-hydrogen) atoms. The van der Waals surface area contributed by atoms with Crippen LogP contribution in [0.25, 0.3) is 11.3 Å². The molecule has 2 aromatic heterocycles. The van der Waals surface area contributed by atoms with Crippen molar-refractivity contribution in [1.82, 2.24) is 20.3 Å². The predicted octanol–water partition coefficient (Wildman–Crippen LogP) is 5.19. The number of amides is 2. The molecule has 1 fully saturated rings. The van der Waals surface area contributed by atoms with Crippen LogP contribution in [0.2, 0.25) is 0 Å². The van der Waals surface area contributed by atoms with Gasteiger partial charge in [-0.05, 0) is 70.1 Å². The first-order chi connectivity index (χ1) is 19.9. The number of halogens is 2. The van der Waals surface area contributed by atoms with E-state index in [2.05, 4.69) is 37.4 Å².